The number of thiazole rings is 1. The quantitative estimate of drug-likeness (QED) is 0.395. The summed E-state index contributed by atoms with van der Waals surface area (Å²) >= 11 is 1.72. The molecule has 0 amide bonds. The molecule has 0 aliphatic carbocycles. The summed E-state index contributed by atoms with van der Waals surface area (Å²) in [5.41, 5.74) is 2.29. The van der Waals surface area contributed by atoms with E-state index in [0.29, 0.717) is 19.0 Å². The van der Waals surface area contributed by atoms with Crippen LogP contribution in [0.3, 0.4) is 0 Å². The molecule has 1 saturated heterocycles. The van der Waals surface area contributed by atoms with Crippen LogP contribution in [-0.2, 0) is 12.8 Å². The average Bonchev–Trinajstić information content (AvgIpc) is 3.51. The van der Waals surface area contributed by atoms with Crippen molar-refractivity contribution in [1.82, 2.24) is 19.8 Å². The molecule has 5 rings (SSSR count). The molecule has 0 spiro atoms. The van der Waals surface area contributed by atoms with Gasteiger partial charge in [0.05, 0.1) is 11.0 Å². The predicted octanol–water partition coefficient (Wildman–Crippen LogP) is 6.23. The molecule has 4 heterocycles. The molecule has 0 unspecified atom stereocenters. The maximum atomic E-state index is 14.9. The number of hydrogen-bond donors (Lipinski definition) is 1. The standard InChI is InChI=1S/C27H35F3N4S/c1-17-12-20-19-6-4-5-7-21(19)32-25(20)26(34(17)16-27(2,3)30)22-14-31-24(35-22)13-18-8-10-33(15-18)11-9-23(28)29/h4-7,14,17-18,23,26,32H,8-13,15-16H2,1-3H3/t17-,18+,26-/m1/s1. The van der Waals surface area contributed by atoms with Crippen molar-refractivity contribution in [2.45, 2.75) is 70.6 Å². The summed E-state index contributed by atoms with van der Waals surface area (Å²) in [5.74, 6) is 0.446. The first-order valence-corrected chi connectivity index (χ1v) is 13.5. The third-order valence-corrected chi connectivity index (χ3v) is 8.49. The average molecular weight is 505 g/mol. The van der Waals surface area contributed by atoms with Crippen LogP contribution in [0.2, 0.25) is 0 Å². The van der Waals surface area contributed by atoms with Crippen LogP contribution in [0, 0.1) is 5.92 Å². The summed E-state index contributed by atoms with van der Waals surface area (Å²) in [6.07, 6.45) is 2.45. The first-order valence-electron chi connectivity index (χ1n) is 12.7. The molecule has 1 aromatic carbocycles. The highest BCUT2D eigenvalue weighted by molar-refractivity contribution is 7.11. The van der Waals surface area contributed by atoms with E-state index in [-0.39, 0.29) is 18.5 Å². The lowest BCUT2D eigenvalue weighted by Gasteiger charge is -2.42. The highest BCUT2D eigenvalue weighted by atomic mass is 32.1. The highest BCUT2D eigenvalue weighted by Gasteiger charge is 2.39. The van der Waals surface area contributed by atoms with Crippen molar-refractivity contribution in [3.8, 4) is 0 Å². The van der Waals surface area contributed by atoms with Gasteiger partial charge in [-0.3, -0.25) is 4.90 Å². The van der Waals surface area contributed by atoms with E-state index in [1.807, 2.05) is 12.3 Å². The molecule has 3 atom stereocenters. The molecule has 190 valence electrons. The Morgan fingerprint density at radius 2 is 2.06 bits per heavy atom. The molecular weight excluding hydrogens is 469 g/mol. The van der Waals surface area contributed by atoms with Gasteiger partial charge in [-0.2, -0.15) is 0 Å². The van der Waals surface area contributed by atoms with E-state index in [1.54, 1.807) is 25.2 Å². The number of aromatic amines is 1. The number of aromatic nitrogens is 2. The van der Waals surface area contributed by atoms with Gasteiger partial charge in [0.1, 0.15) is 5.67 Å². The second-order valence-corrected chi connectivity index (χ2v) is 12.1. The van der Waals surface area contributed by atoms with Crippen LogP contribution in [0.1, 0.15) is 60.8 Å². The van der Waals surface area contributed by atoms with Gasteiger partial charge in [-0.1, -0.05) is 18.2 Å². The van der Waals surface area contributed by atoms with E-state index in [4.69, 9.17) is 4.98 Å². The number of fused-ring (bicyclic) bond motifs is 3. The van der Waals surface area contributed by atoms with Crippen LogP contribution in [0.4, 0.5) is 13.2 Å². The second-order valence-electron chi connectivity index (χ2n) is 10.9. The molecule has 8 heteroatoms. The van der Waals surface area contributed by atoms with Crippen molar-refractivity contribution in [3.63, 3.8) is 0 Å². The second kappa shape index (κ2) is 9.87. The largest absolute Gasteiger partial charge is 0.357 e. The van der Waals surface area contributed by atoms with E-state index < -0.39 is 12.1 Å². The fourth-order valence-corrected chi connectivity index (χ4v) is 7.02. The van der Waals surface area contributed by atoms with E-state index >= 15 is 0 Å². The van der Waals surface area contributed by atoms with Gasteiger partial charge >= 0.3 is 0 Å². The lowest BCUT2D eigenvalue weighted by Crippen LogP contribution is -2.47. The van der Waals surface area contributed by atoms with Crippen LogP contribution in [-0.4, -0.2) is 64.1 Å². The van der Waals surface area contributed by atoms with Crippen LogP contribution < -0.4 is 0 Å². The minimum Gasteiger partial charge on any atom is -0.357 e. The Bertz CT molecular complexity index is 1150. The Kier molecular flexibility index (Phi) is 6.98. The van der Waals surface area contributed by atoms with Crippen molar-refractivity contribution in [1.29, 1.82) is 0 Å². The monoisotopic (exact) mass is 504 g/mol. The van der Waals surface area contributed by atoms with Gasteiger partial charge in [0.2, 0.25) is 6.43 Å². The van der Waals surface area contributed by atoms with Crippen LogP contribution >= 0.6 is 11.3 Å². The van der Waals surface area contributed by atoms with Crippen LogP contribution in [0.25, 0.3) is 10.9 Å². The molecule has 2 aliphatic heterocycles. The SMILES string of the molecule is C[C@@H]1Cc2c([nH]c3ccccc23)[C@@H](c2cnc(C[C@@H]3CCN(CCC(F)F)C3)s2)N1CC(C)(C)F. The zero-order valence-corrected chi connectivity index (χ0v) is 21.6. The Morgan fingerprint density at radius 3 is 2.83 bits per heavy atom. The number of nitrogens with zero attached hydrogens (tertiary/aromatic N) is 3. The Hall–Kier alpha value is -1.90. The number of benzene rings is 1. The normalized spacial score (nSPS) is 24.0. The lowest BCUT2D eigenvalue weighted by molar-refractivity contribution is 0.0678. The van der Waals surface area contributed by atoms with E-state index in [0.717, 1.165) is 53.4 Å². The lowest BCUT2D eigenvalue weighted by atomic mass is 9.90. The van der Waals surface area contributed by atoms with E-state index in [2.05, 4.69) is 39.9 Å². The molecule has 2 aromatic heterocycles. The first-order chi connectivity index (χ1) is 16.7. The third kappa shape index (κ3) is 5.44. The molecule has 1 N–H and O–H groups in total. The molecule has 2 aliphatic rings. The molecule has 0 radical (unpaired) electrons. The topological polar surface area (TPSA) is 35.2 Å². The summed E-state index contributed by atoms with van der Waals surface area (Å²) in [6, 6.07) is 8.53. The van der Waals surface area contributed by atoms with Crippen molar-refractivity contribution in [3.05, 3.63) is 51.6 Å². The predicted molar refractivity (Wildman–Crippen MR) is 136 cm³/mol. The number of rotatable bonds is 8. The minimum atomic E-state index is -2.24. The van der Waals surface area contributed by atoms with Gasteiger partial charge in [-0.25, -0.2) is 18.2 Å². The molecule has 1 fully saturated rings. The molecule has 3 aromatic rings. The van der Waals surface area contributed by atoms with Gasteiger partial charge in [0, 0.05) is 66.2 Å². The highest BCUT2D eigenvalue weighted by Crippen LogP contribution is 2.43. The van der Waals surface area contributed by atoms with Gasteiger partial charge < -0.3 is 9.88 Å². The number of likely N-dealkylation sites (tertiary alicyclic amines) is 1. The maximum Gasteiger partial charge on any atom is 0.239 e. The van der Waals surface area contributed by atoms with Crippen molar-refractivity contribution in [2.24, 2.45) is 5.92 Å². The fraction of sp³-hybridized carbons (Fsp3) is 0.593. The summed E-state index contributed by atoms with van der Waals surface area (Å²) in [6.45, 7) is 8.05. The van der Waals surface area contributed by atoms with E-state index in [9.17, 15) is 13.2 Å². The Balaban J connectivity index is 1.40. The van der Waals surface area contributed by atoms with Gasteiger partial charge in [-0.05, 0) is 57.7 Å². The van der Waals surface area contributed by atoms with E-state index in [1.165, 1.54) is 10.9 Å². The number of H-pyrrole nitrogens is 1. The molecule has 35 heavy (non-hydrogen) atoms. The van der Waals surface area contributed by atoms with Crippen molar-refractivity contribution in [2.75, 3.05) is 26.2 Å². The summed E-state index contributed by atoms with van der Waals surface area (Å²) in [4.78, 5) is 14.0. The van der Waals surface area contributed by atoms with Crippen molar-refractivity contribution >= 4 is 22.2 Å². The number of alkyl halides is 3. The Morgan fingerprint density at radius 1 is 1.26 bits per heavy atom. The van der Waals surface area contributed by atoms with Crippen LogP contribution in [0.5, 0.6) is 0 Å². The molecule has 4 nitrogen and oxygen atoms in total. The molecule has 0 bridgehead atoms. The van der Waals surface area contributed by atoms with Crippen molar-refractivity contribution < 1.29 is 13.2 Å². The number of hydrogen-bond acceptors (Lipinski definition) is 4. The smallest absolute Gasteiger partial charge is 0.239 e. The fourth-order valence-electron chi connectivity index (χ4n) is 5.85. The minimum absolute atomic E-state index is 0.0540. The third-order valence-electron chi connectivity index (χ3n) is 7.41. The number of nitrogens with one attached hydrogen (secondary N) is 1. The van der Waals surface area contributed by atoms with Gasteiger partial charge in [-0.15, -0.1) is 11.3 Å². The Labute approximate surface area is 209 Å². The zero-order valence-electron chi connectivity index (χ0n) is 20.7. The molecule has 0 saturated carbocycles. The number of para-hydroxylation sites is 1. The zero-order chi connectivity index (χ0) is 24.7. The van der Waals surface area contributed by atoms with Gasteiger partial charge in [0.25, 0.3) is 0 Å². The summed E-state index contributed by atoms with van der Waals surface area (Å²) in [7, 11) is 0. The summed E-state index contributed by atoms with van der Waals surface area (Å²) < 4.78 is 40.1. The van der Waals surface area contributed by atoms with Crippen LogP contribution in [0.15, 0.2) is 30.5 Å². The molecular formula is C27H35F3N4S. The maximum absolute atomic E-state index is 14.9. The summed E-state index contributed by atoms with van der Waals surface area (Å²) in [5, 5.41) is 2.33. The number of halogens is 3. The van der Waals surface area contributed by atoms with Gasteiger partial charge in [0.15, 0.2) is 0 Å². The first kappa shape index (κ1) is 24.8.